The SMILES string of the molecule is CCc1ccc(C(CN(C)C)N2CCNC(C)C2)cc1. The molecule has 112 valence electrons. The third-order valence-electron chi connectivity index (χ3n) is 4.15. The lowest BCUT2D eigenvalue weighted by Gasteiger charge is -2.39. The van der Waals surface area contributed by atoms with Crippen LogP contribution < -0.4 is 5.32 Å². The number of aryl methyl sites for hydroxylation is 1. The molecule has 1 aliphatic rings. The molecule has 0 aliphatic carbocycles. The smallest absolute Gasteiger partial charge is 0.0476 e. The number of piperazine rings is 1. The Balaban J connectivity index is 2.16. The van der Waals surface area contributed by atoms with Crippen LogP contribution in [-0.4, -0.2) is 56.1 Å². The van der Waals surface area contributed by atoms with Gasteiger partial charge in [-0.25, -0.2) is 0 Å². The summed E-state index contributed by atoms with van der Waals surface area (Å²) >= 11 is 0. The molecule has 0 saturated carbocycles. The summed E-state index contributed by atoms with van der Waals surface area (Å²) < 4.78 is 0. The number of nitrogens with one attached hydrogen (secondary N) is 1. The van der Waals surface area contributed by atoms with E-state index < -0.39 is 0 Å². The third-order valence-corrected chi connectivity index (χ3v) is 4.15. The molecule has 0 bridgehead atoms. The maximum atomic E-state index is 3.53. The summed E-state index contributed by atoms with van der Waals surface area (Å²) in [7, 11) is 4.33. The van der Waals surface area contributed by atoms with E-state index in [-0.39, 0.29) is 0 Å². The van der Waals surface area contributed by atoms with Crippen molar-refractivity contribution in [2.45, 2.75) is 32.4 Å². The van der Waals surface area contributed by atoms with Crippen molar-refractivity contribution in [1.29, 1.82) is 0 Å². The highest BCUT2D eigenvalue weighted by Crippen LogP contribution is 2.23. The molecule has 1 saturated heterocycles. The van der Waals surface area contributed by atoms with Crippen molar-refractivity contribution in [2.75, 3.05) is 40.3 Å². The van der Waals surface area contributed by atoms with E-state index in [9.17, 15) is 0 Å². The first-order valence-electron chi connectivity index (χ1n) is 7.81. The van der Waals surface area contributed by atoms with Crippen LogP contribution in [0.1, 0.15) is 31.0 Å². The monoisotopic (exact) mass is 275 g/mol. The fourth-order valence-electron chi connectivity index (χ4n) is 3.00. The maximum Gasteiger partial charge on any atom is 0.0476 e. The van der Waals surface area contributed by atoms with Crippen molar-refractivity contribution in [2.24, 2.45) is 0 Å². The average molecular weight is 275 g/mol. The Morgan fingerprint density at radius 2 is 2.00 bits per heavy atom. The first-order valence-corrected chi connectivity index (χ1v) is 7.81. The molecule has 0 radical (unpaired) electrons. The molecule has 3 heteroatoms. The number of rotatable bonds is 5. The van der Waals surface area contributed by atoms with Crippen LogP contribution in [0.2, 0.25) is 0 Å². The van der Waals surface area contributed by atoms with Crippen LogP contribution in [-0.2, 0) is 6.42 Å². The molecule has 2 unspecified atom stereocenters. The first kappa shape index (κ1) is 15.5. The lowest BCUT2D eigenvalue weighted by molar-refractivity contribution is 0.125. The predicted molar refractivity (Wildman–Crippen MR) is 86.2 cm³/mol. The minimum Gasteiger partial charge on any atom is -0.312 e. The molecule has 2 rings (SSSR count). The van der Waals surface area contributed by atoms with Crippen LogP contribution >= 0.6 is 0 Å². The Labute approximate surface area is 124 Å². The molecule has 3 nitrogen and oxygen atoms in total. The molecular weight excluding hydrogens is 246 g/mol. The van der Waals surface area contributed by atoms with Crippen molar-refractivity contribution >= 4 is 0 Å². The van der Waals surface area contributed by atoms with Crippen molar-refractivity contribution < 1.29 is 0 Å². The fourth-order valence-corrected chi connectivity index (χ4v) is 3.00. The van der Waals surface area contributed by atoms with Crippen LogP contribution in [0.15, 0.2) is 24.3 Å². The van der Waals surface area contributed by atoms with E-state index >= 15 is 0 Å². The van der Waals surface area contributed by atoms with Gasteiger partial charge >= 0.3 is 0 Å². The molecule has 20 heavy (non-hydrogen) atoms. The van der Waals surface area contributed by atoms with Crippen molar-refractivity contribution in [3.8, 4) is 0 Å². The number of benzene rings is 1. The molecule has 1 aliphatic heterocycles. The number of nitrogens with zero attached hydrogens (tertiary/aromatic N) is 2. The van der Waals surface area contributed by atoms with Gasteiger partial charge < -0.3 is 10.2 Å². The predicted octanol–water partition coefficient (Wildman–Crippen LogP) is 2.15. The van der Waals surface area contributed by atoms with Gasteiger partial charge in [0.2, 0.25) is 0 Å². The topological polar surface area (TPSA) is 18.5 Å². The van der Waals surface area contributed by atoms with Gasteiger partial charge in [0.25, 0.3) is 0 Å². The minimum atomic E-state index is 0.500. The van der Waals surface area contributed by atoms with E-state index in [0.717, 1.165) is 32.6 Å². The summed E-state index contributed by atoms with van der Waals surface area (Å²) in [5, 5.41) is 3.53. The van der Waals surface area contributed by atoms with Gasteiger partial charge in [-0.05, 0) is 38.6 Å². The second-order valence-electron chi connectivity index (χ2n) is 6.22. The summed E-state index contributed by atoms with van der Waals surface area (Å²) in [6, 6.07) is 10.3. The Morgan fingerprint density at radius 1 is 1.30 bits per heavy atom. The van der Waals surface area contributed by atoms with E-state index in [4.69, 9.17) is 0 Å². The zero-order valence-electron chi connectivity index (χ0n) is 13.4. The van der Waals surface area contributed by atoms with E-state index in [2.05, 4.69) is 67.3 Å². The highest BCUT2D eigenvalue weighted by atomic mass is 15.2. The van der Waals surface area contributed by atoms with Crippen molar-refractivity contribution in [3.63, 3.8) is 0 Å². The summed E-state index contributed by atoms with van der Waals surface area (Å²) in [5.74, 6) is 0. The minimum absolute atomic E-state index is 0.500. The van der Waals surface area contributed by atoms with Gasteiger partial charge in [-0.15, -0.1) is 0 Å². The highest BCUT2D eigenvalue weighted by molar-refractivity contribution is 5.25. The average Bonchev–Trinajstić information content (AvgIpc) is 2.45. The van der Waals surface area contributed by atoms with E-state index in [1.54, 1.807) is 0 Å². The van der Waals surface area contributed by atoms with Crippen LogP contribution in [0.25, 0.3) is 0 Å². The normalized spacial score (nSPS) is 22.1. The van der Waals surface area contributed by atoms with E-state index in [1.165, 1.54) is 11.1 Å². The molecule has 0 spiro atoms. The highest BCUT2D eigenvalue weighted by Gasteiger charge is 2.25. The largest absolute Gasteiger partial charge is 0.312 e. The maximum absolute atomic E-state index is 3.53. The van der Waals surface area contributed by atoms with Crippen LogP contribution in [0.5, 0.6) is 0 Å². The van der Waals surface area contributed by atoms with Gasteiger partial charge in [0.05, 0.1) is 0 Å². The van der Waals surface area contributed by atoms with Gasteiger partial charge in [0.1, 0.15) is 0 Å². The second kappa shape index (κ2) is 7.21. The summed E-state index contributed by atoms with van der Waals surface area (Å²) in [6.45, 7) is 8.94. The zero-order chi connectivity index (χ0) is 14.5. The molecular formula is C17H29N3. The Kier molecular flexibility index (Phi) is 5.58. The van der Waals surface area contributed by atoms with E-state index in [1.807, 2.05) is 0 Å². The van der Waals surface area contributed by atoms with Gasteiger partial charge in [-0.1, -0.05) is 31.2 Å². The molecule has 0 aromatic heterocycles. The van der Waals surface area contributed by atoms with Gasteiger partial charge in [0.15, 0.2) is 0 Å². The van der Waals surface area contributed by atoms with Crippen molar-refractivity contribution in [3.05, 3.63) is 35.4 Å². The summed E-state index contributed by atoms with van der Waals surface area (Å²) in [4.78, 5) is 4.92. The standard InChI is InChI=1S/C17H29N3/c1-5-15-6-8-16(9-7-15)17(13-19(3)4)20-11-10-18-14(2)12-20/h6-9,14,17-18H,5,10-13H2,1-4H3. The van der Waals surface area contributed by atoms with Crippen molar-refractivity contribution in [1.82, 2.24) is 15.1 Å². The second-order valence-corrected chi connectivity index (χ2v) is 6.22. The Bertz CT molecular complexity index is 399. The fraction of sp³-hybridized carbons (Fsp3) is 0.647. The molecule has 2 atom stereocenters. The number of hydrogen-bond donors (Lipinski definition) is 1. The summed E-state index contributed by atoms with van der Waals surface area (Å²) in [5.41, 5.74) is 2.87. The number of likely N-dealkylation sites (N-methyl/N-ethyl adjacent to an activating group) is 1. The molecule has 0 amide bonds. The molecule has 1 aromatic rings. The van der Waals surface area contributed by atoms with E-state index in [0.29, 0.717) is 12.1 Å². The zero-order valence-corrected chi connectivity index (χ0v) is 13.4. The van der Waals surface area contributed by atoms with Gasteiger partial charge in [-0.3, -0.25) is 4.90 Å². The van der Waals surface area contributed by atoms with Crippen LogP contribution in [0, 0.1) is 0 Å². The Hall–Kier alpha value is -0.900. The molecule has 1 N–H and O–H groups in total. The Morgan fingerprint density at radius 3 is 2.55 bits per heavy atom. The third kappa shape index (κ3) is 4.05. The van der Waals surface area contributed by atoms with Crippen LogP contribution in [0.3, 0.4) is 0 Å². The quantitative estimate of drug-likeness (QED) is 0.888. The van der Waals surface area contributed by atoms with Gasteiger partial charge in [0, 0.05) is 38.3 Å². The summed E-state index contributed by atoms with van der Waals surface area (Å²) in [6.07, 6.45) is 1.11. The van der Waals surface area contributed by atoms with Crippen LogP contribution in [0.4, 0.5) is 0 Å². The lowest BCUT2D eigenvalue weighted by atomic mass is 10.0. The molecule has 1 aromatic carbocycles. The molecule has 1 fully saturated rings. The van der Waals surface area contributed by atoms with Gasteiger partial charge in [-0.2, -0.15) is 0 Å². The molecule has 1 heterocycles. The number of hydrogen-bond acceptors (Lipinski definition) is 3. The lowest BCUT2D eigenvalue weighted by Crippen LogP contribution is -2.51. The first-order chi connectivity index (χ1) is 9.60.